The van der Waals surface area contributed by atoms with Crippen molar-refractivity contribution < 1.29 is 34.0 Å². The minimum atomic E-state index is -0.967. The van der Waals surface area contributed by atoms with Crippen LogP contribution in [0, 0.1) is 5.92 Å². The number of amides is 2. The van der Waals surface area contributed by atoms with Crippen LogP contribution < -0.4 is 15.4 Å². The van der Waals surface area contributed by atoms with E-state index in [1.165, 1.54) is 11.8 Å². The average molecular weight is 767 g/mol. The average Bonchev–Trinajstić information content (AvgIpc) is 3.24. The van der Waals surface area contributed by atoms with Crippen LogP contribution >= 0.6 is 11.8 Å². The molecule has 2 amide bonds. The van der Waals surface area contributed by atoms with E-state index in [0.29, 0.717) is 28.6 Å². The third-order valence-electron chi connectivity index (χ3n) is 9.61. The number of anilines is 1. The van der Waals surface area contributed by atoms with E-state index in [2.05, 4.69) is 23.6 Å². The zero-order valence-electron chi connectivity index (χ0n) is 30.7. The van der Waals surface area contributed by atoms with E-state index >= 15 is 0 Å². The van der Waals surface area contributed by atoms with E-state index in [9.17, 15) is 19.8 Å². The third kappa shape index (κ3) is 9.66. The summed E-state index contributed by atoms with van der Waals surface area (Å²) in [7, 11) is 0. The Kier molecular flexibility index (Phi) is 12.4. The van der Waals surface area contributed by atoms with Crippen molar-refractivity contribution >= 4 is 29.4 Å². The summed E-state index contributed by atoms with van der Waals surface area (Å²) in [5.74, 6) is 0.901. The van der Waals surface area contributed by atoms with Gasteiger partial charge < -0.3 is 35.1 Å². The van der Waals surface area contributed by atoms with Gasteiger partial charge in [-0.2, -0.15) is 0 Å². The summed E-state index contributed by atoms with van der Waals surface area (Å²) < 4.78 is 19.2. The van der Waals surface area contributed by atoms with Crippen LogP contribution in [-0.2, 0) is 22.6 Å². The van der Waals surface area contributed by atoms with E-state index in [1.807, 2.05) is 109 Å². The molecular weight excluding hydrogens is 725 g/mol. The lowest BCUT2D eigenvalue weighted by molar-refractivity contribution is -0.268. The second-order valence-corrected chi connectivity index (χ2v) is 14.6. The van der Waals surface area contributed by atoms with E-state index in [4.69, 9.17) is 14.2 Å². The van der Waals surface area contributed by atoms with Crippen molar-refractivity contribution in [3.63, 3.8) is 0 Å². The number of benzene rings is 6. The molecule has 1 heterocycles. The third-order valence-corrected chi connectivity index (χ3v) is 10.8. The maximum Gasteiger partial charge on any atom is 0.336 e. The number of ether oxygens (including phenoxy) is 3. The van der Waals surface area contributed by atoms with Crippen LogP contribution in [0.3, 0.4) is 0 Å². The van der Waals surface area contributed by atoms with Gasteiger partial charge >= 0.3 is 12.0 Å². The van der Waals surface area contributed by atoms with Gasteiger partial charge in [-0.25, -0.2) is 9.59 Å². The molecule has 6 aromatic carbocycles. The first-order valence-electron chi connectivity index (χ1n) is 18.4. The molecule has 0 saturated carbocycles. The second-order valence-electron chi connectivity index (χ2n) is 13.5. The summed E-state index contributed by atoms with van der Waals surface area (Å²) in [6.45, 7) is 2.36. The molecule has 7 rings (SSSR count). The molecule has 56 heavy (non-hydrogen) atoms. The van der Waals surface area contributed by atoms with Gasteiger partial charge in [0.2, 0.25) is 0 Å². The van der Waals surface area contributed by atoms with Crippen molar-refractivity contribution in [2.75, 3.05) is 11.1 Å². The fourth-order valence-corrected chi connectivity index (χ4v) is 7.78. The summed E-state index contributed by atoms with van der Waals surface area (Å²) in [6, 6.07) is 47.2. The smallest absolute Gasteiger partial charge is 0.336 e. The molecule has 0 aliphatic carbocycles. The summed E-state index contributed by atoms with van der Waals surface area (Å²) in [5, 5.41) is 25.2. The van der Waals surface area contributed by atoms with Crippen LogP contribution in [0.15, 0.2) is 157 Å². The first kappa shape index (κ1) is 38.4. The standard InChI is InChI=1S/C46H42N2O7S/c1-30-41(29-56-42-16-6-5-15-40(42)44(50)51)54-45(55-43(30)33-19-17-31(28-49)18-20-33)36-12-8-11-35(26-36)34-10-7-9-32(25-34)27-47-46(52)48-37-21-23-39(24-22-37)53-38-13-3-2-4-14-38/h2-26,30,41,43,45,49H,27-29H2,1H3,(H,50,51)(H2,47,48,52)/t30-,41+,43+,45+/m1/s1. The number of urea groups is 1. The number of hydrogen-bond acceptors (Lipinski definition) is 7. The number of carbonyl (C=O) groups is 2. The van der Waals surface area contributed by atoms with Gasteiger partial charge in [0, 0.05) is 34.4 Å². The fourth-order valence-electron chi connectivity index (χ4n) is 6.57. The van der Waals surface area contributed by atoms with Crippen LogP contribution in [0.2, 0.25) is 0 Å². The Hall–Kier alpha value is -5.91. The highest BCUT2D eigenvalue weighted by Gasteiger charge is 2.38. The molecule has 10 heteroatoms. The summed E-state index contributed by atoms with van der Waals surface area (Å²) in [5.41, 5.74) is 6.39. The highest BCUT2D eigenvalue weighted by molar-refractivity contribution is 7.99. The molecule has 1 fully saturated rings. The number of carboxylic acid groups (broad SMARTS) is 1. The summed E-state index contributed by atoms with van der Waals surface area (Å²) >= 11 is 1.46. The van der Waals surface area contributed by atoms with Crippen LogP contribution in [-0.4, -0.2) is 34.1 Å². The van der Waals surface area contributed by atoms with E-state index < -0.39 is 12.3 Å². The van der Waals surface area contributed by atoms with Crippen LogP contribution in [0.5, 0.6) is 11.5 Å². The number of aliphatic hydroxyl groups is 1. The number of hydrogen-bond donors (Lipinski definition) is 4. The van der Waals surface area contributed by atoms with Crippen LogP contribution in [0.1, 0.15) is 51.9 Å². The van der Waals surface area contributed by atoms with E-state index in [1.54, 1.807) is 36.4 Å². The van der Waals surface area contributed by atoms with Gasteiger partial charge in [0.05, 0.1) is 24.4 Å². The summed E-state index contributed by atoms with van der Waals surface area (Å²) in [4.78, 5) is 25.4. The topological polar surface area (TPSA) is 126 Å². The molecule has 9 nitrogen and oxygen atoms in total. The predicted octanol–water partition coefficient (Wildman–Crippen LogP) is 10.2. The molecular formula is C46H42N2O7S. The highest BCUT2D eigenvalue weighted by atomic mass is 32.2. The molecule has 6 aromatic rings. The molecule has 0 unspecified atom stereocenters. The SMILES string of the molecule is C[C@@H]1[C@H](CSc2ccccc2C(=O)O)O[C@H](c2cccc(-c3cccc(CNC(=O)Nc4ccc(Oc5ccccc5)cc4)c3)c2)O[C@@H]1c1ccc(CO)cc1. The Morgan fingerprint density at radius 3 is 2.16 bits per heavy atom. The fraction of sp³-hybridized carbons (Fsp3) is 0.174. The van der Waals surface area contributed by atoms with Crippen LogP contribution in [0.4, 0.5) is 10.5 Å². The van der Waals surface area contributed by atoms with Crippen molar-refractivity contribution in [3.8, 4) is 22.6 Å². The normalized spacial score (nSPS) is 17.8. The Morgan fingerprint density at radius 1 is 0.714 bits per heavy atom. The molecule has 1 saturated heterocycles. The Bertz CT molecular complexity index is 2250. The molecule has 1 aliphatic rings. The molecule has 284 valence electrons. The lowest BCUT2D eigenvalue weighted by atomic mass is 9.91. The number of carboxylic acids is 1. The number of nitrogens with one attached hydrogen (secondary N) is 2. The Labute approximate surface area is 330 Å². The lowest BCUT2D eigenvalue weighted by Crippen LogP contribution is -2.38. The van der Waals surface area contributed by atoms with Gasteiger partial charge in [0.15, 0.2) is 6.29 Å². The van der Waals surface area contributed by atoms with Gasteiger partial charge in [-0.05, 0) is 88.5 Å². The van der Waals surface area contributed by atoms with Crippen LogP contribution in [0.25, 0.3) is 11.1 Å². The van der Waals surface area contributed by atoms with Gasteiger partial charge in [-0.3, -0.25) is 0 Å². The molecule has 0 spiro atoms. The van der Waals surface area contributed by atoms with Crippen molar-refractivity contribution in [3.05, 3.63) is 179 Å². The maximum absolute atomic E-state index is 12.8. The second kappa shape index (κ2) is 18.1. The molecule has 0 bridgehead atoms. The zero-order chi connectivity index (χ0) is 38.9. The molecule has 1 aliphatic heterocycles. The maximum atomic E-state index is 12.8. The van der Waals surface area contributed by atoms with Gasteiger partial charge in [-0.15, -0.1) is 11.8 Å². The molecule has 0 aromatic heterocycles. The molecule has 0 radical (unpaired) electrons. The molecule has 4 N–H and O–H groups in total. The number of carbonyl (C=O) groups excluding carboxylic acids is 1. The zero-order valence-corrected chi connectivity index (χ0v) is 31.5. The van der Waals surface area contributed by atoms with Crippen molar-refractivity contribution in [1.82, 2.24) is 5.32 Å². The van der Waals surface area contributed by atoms with Gasteiger partial charge in [0.1, 0.15) is 11.5 Å². The van der Waals surface area contributed by atoms with Gasteiger partial charge in [-0.1, -0.05) is 97.9 Å². The number of aliphatic hydroxyl groups excluding tert-OH is 1. The minimum Gasteiger partial charge on any atom is -0.478 e. The predicted molar refractivity (Wildman–Crippen MR) is 218 cm³/mol. The number of rotatable bonds is 13. The number of thioether (sulfide) groups is 1. The van der Waals surface area contributed by atoms with Crippen molar-refractivity contribution in [2.24, 2.45) is 5.92 Å². The monoisotopic (exact) mass is 766 g/mol. The minimum absolute atomic E-state index is 0.0485. The quantitative estimate of drug-likeness (QED) is 0.0856. The highest BCUT2D eigenvalue weighted by Crippen LogP contribution is 2.44. The summed E-state index contributed by atoms with van der Waals surface area (Å²) in [6.07, 6.45) is -1.28. The van der Waals surface area contributed by atoms with E-state index in [-0.39, 0.29) is 36.3 Å². The van der Waals surface area contributed by atoms with Gasteiger partial charge in [0.25, 0.3) is 0 Å². The lowest BCUT2D eigenvalue weighted by Gasteiger charge is -2.41. The number of aromatic carboxylic acids is 1. The Balaban J connectivity index is 1.03. The number of para-hydroxylation sites is 1. The van der Waals surface area contributed by atoms with E-state index in [0.717, 1.165) is 39.1 Å². The Morgan fingerprint density at radius 2 is 1.41 bits per heavy atom. The molecule has 4 atom stereocenters. The van der Waals surface area contributed by atoms with Crippen molar-refractivity contribution in [2.45, 2.75) is 43.5 Å². The first-order valence-corrected chi connectivity index (χ1v) is 19.3. The largest absolute Gasteiger partial charge is 0.478 e. The first-order chi connectivity index (χ1) is 27.3. The van der Waals surface area contributed by atoms with Crippen molar-refractivity contribution in [1.29, 1.82) is 0 Å².